The lowest BCUT2D eigenvalue weighted by Gasteiger charge is -2.35. The molecule has 2 heteroatoms. The van der Waals surface area contributed by atoms with Gasteiger partial charge in [0.25, 0.3) is 0 Å². The summed E-state index contributed by atoms with van der Waals surface area (Å²) in [5.41, 5.74) is 17.1. The second-order valence-corrected chi connectivity index (χ2v) is 14.0. The molecule has 2 nitrogen and oxygen atoms in total. The molecular formula is C51H33NO. The van der Waals surface area contributed by atoms with Crippen LogP contribution in [0.25, 0.3) is 56.3 Å². The highest BCUT2D eigenvalue weighted by atomic mass is 16.3. The van der Waals surface area contributed by atoms with Crippen molar-refractivity contribution in [3.05, 3.63) is 221 Å². The third-order valence-corrected chi connectivity index (χ3v) is 11.3. The summed E-state index contributed by atoms with van der Waals surface area (Å²) in [6, 6.07) is 68.4. The Kier molecular flexibility index (Phi) is 6.50. The minimum atomic E-state index is -0.508. The van der Waals surface area contributed by atoms with Gasteiger partial charge in [0.05, 0.1) is 11.1 Å². The first-order valence-corrected chi connectivity index (χ1v) is 18.3. The Morgan fingerprint density at radius 3 is 1.75 bits per heavy atom. The molecule has 9 aromatic rings. The smallest absolute Gasteiger partial charge is 0.135 e. The number of furan rings is 1. The molecule has 0 aliphatic heterocycles. The molecule has 248 valence electrons. The molecule has 0 fully saturated rings. The summed E-state index contributed by atoms with van der Waals surface area (Å²) in [4.78, 5) is 2.44. The number of nitrogens with zero attached hydrogens (tertiary/aromatic N) is 1. The van der Waals surface area contributed by atoms with E-state index in [2.05, 4.69) is 193 Å². The van der Waals surface area contributed by atoms with Gasteiger partial charge in [-0.05, 0) is 92.5 Å². The maximum atomic E-state index is 6.31. The van der Waals surface area contributed by atoms with Crippen molar-refractivity contribution in [3.63, 3.8) is 0 Å². The summed E-state index contributed by atoms with van der Waals surface area (Å²) in [7, 11) is 0. The number of fused-ring (bicyclic) bond motifs is 12. The topological polar surface area (TPSA) is 16.4 Å². The number of para-hydroxylation sites is 1. The largest absolute Gasteiger partial charge is 0.456 e. The van der Waals surface area contributed by atoms with Crippen LogP contribution in [0.3, 0.4) is 0 Å². The van der Waals surface area contributed by atoms with Crippen LogP contribution in [-0.2, 0) is 5.41 Å². The molecule has 2 aliphatic carbocycles. The third kappa shape index (κ3) is 4.33. The zero-order valence-corrected chi connectivity index (χ0v) is 28.9. The standard InChI is InChI=1S/C51H33NO/c1-2-13-34(14-3-1)35-27-29-38(30-28-35)52(39-31-32-49-42(33-39)40-17-7-11-24-48(40)53-49)47-23-12-22-46-50(47)41-18-6-10-21-45(41)51(46)43-19-8-4-15-36(43)25-26-37-16-5-9-20-44(37)51/h1-33H. The van der Waals surface area contributed by atoms with E-state index in [1.807, 2.05) is 12.1 Å². The predicted molar refractivity (Wildman–Crippen MR) is 220 cm³/mol. The first kappa shape index (κ1) is 29.8. The molecule has 0 atom stereocenters. The van der Waals surface area contributed by atoms with Crippen LogP contribution >= 0.6 is 0 Å². The summed E-state index contributed by atoms with van der Waals surface area (Å²) >= 11 is 0. The highest BCUT2D eigenvalue weighted by Gasteiger charge is 2.49. The lowest BCUT2D eigenvalue weighted by Crippen LogP contribution is -2.30. The van der Waals surface area contributed by atoms with Gasteiger partial charge in [0.1, 0.15) is 11.2 Å². The van der Waals surface area contributed by atoms with Gasteiger partial charge in [-0.15, -0.1) is 0 Å². The van der Waals surface area contributed by atoms with Crippen molar-refractivity contribution < 1.29 is 4.42 Å². The van der Waals surface area contributed by atoms with E-state index < -0.39 is 5.41 Å². The zero-order valence-electron chi connectivity index (χ0n) is 28.9. The second-order valence-electron chi connectivity index (χ2n) is 14.0. The Morgan fingerprint density at radius 1 is 0.396 bits per heavy atom. The fourth-order valence-corrected chi connectivity index (χ4v) is 9.08. The van der Waals surface area contributed by atoms with Gasteiger partial charge in [0, 0.05) is 27.7 Å². The van der Waals surface area contributed by atoms with Crippen LogP contribution in [0.4, 0.5) is 17.1 Å². The average Bonchev–Trinajstić information content (AvgIpc) is 3.70. The monoisotopic (exact) mass is 675 g/mol. The van der Waals surface area contributed by atoms with Gasteiger partial charge in [-0.3, -0.25) is 0 Å². The Labute approximate surface area is 308 Å². The maximum absolute atomic E-state index is 6.31. The molecule has 1 aromatic heterocycles. The van der Waals surface area contributed by atoms with E-state index >= 15 is 0 Å². The number of hydrogen-bond acceptors (Lipinski definition) is 2. The molecule has 0 unspecified atom stereocenters. The molecular weight excluding hydrogens is 643 g/mol. The molecule has 8 aromatic carbocycles. The van der Waals surface area contributed by atoms with E-state index in [-0.39, 0.29) is 0 Å². The van der Waals surface area contributed by atoms with Crippen LogP contribution < -0.4 is 4.90 Å². The lowest BCUT2D eigenvalue weighted by atomic mass is 9.66. The van der Waals surface area contributed by atoms with Crippen molar-refractivity contribution in [3.8, 4) is 22.3 Å². The van der Waals surface area contributed by atoms with Crippen LogP contribution in [0.1, 0.15) is 33.4 Å². The molecule has 11 rings (SSSR count). The average molecular weight is 676 g/mol. The first-order chi connectivity index (χ1) is 26.3. The summed E-state index contributed by atoms with van der Waals surface area (Å²) in [5, 5.41) is 2.22. The molecule has 0 saturated heterocycles. The van der Waals surface area contributed by atoms with Crippen molar-refractivity contribution in [2.45, 2.75) is 5.41 Å². The summed E-state index contributed by atoms with van der Waals surface area (Å²) in [6.07, 6.45) is 4.58. The Hall–Kier alpha value is -6.90. The van der Waals surface area contributed by atoms with Crippen molar-refractivity contribution >= 4 is 51.2 Å². The Morgan fingerprint density at radius 2 is 0.981 bits per heavy atom. The van der Waals surface area contributed by atoms with Gasteiger partial charge in [0.2, 0.25) is 0 Å². The molecule has 1 heterocycles. The van der Waals surface area contributed by atoms with E-state index in [4.69, 9.17) is 4.42 Å². The summed E-state index contributed by atoms with van der Waals surface area (Å²) in [5.74, 6) is 0. The van der Waals surface area contributed by atoms with Crippen molar-refractivity contribution in [1.29, 1.82) is 0 Å². The van der Waals surface area contributed by atoms with Gasteiger partial charge in [0.15, 0.2) is 0 Å². The first-order valence-electron chi connectivity index (χ1n) is 18.3. The van der Waals surface area contributed by atoms with Crippen LogP contribution in [0.5, 0.6) is 0 Å². The van der Waals surface area contributed by atoms with Crippen LogP contribution in [0.2, 0.25) is 0 Å². The SMILES string of the molecule is C1=Cc2ccccc2C2(c3ccccc31)c1ccccc1-c1c(N(c3ccc(-c4ccccc4)cc3)c3ccc4oc5ccccc5c4c3)cccc12. The highest BCUT2D eigenvalue weighted by molar-refractivity contribution is 6.07. The summed E-state index contributed by atoms with van der Waals surface area (Å²) < 4.78 is 6.31. The molecule has 53 heavy (non-hydrogen) atoms. The normalized spacial score (nSPS) is 13.4. The zero-order chi connectivity index (χ0) is 34.9. The number of rotatable bonds is 4. The van der Waals surface area contributed by atoms with Gasteiger partial charge in [-0.2, -0.15) is 0 Å². The second kappa shape index (κ2) is 11.6. The van der Waals surface area contributed by atoms with Crippen molar-refractivity contribution in [2.24, 2.45) is 0 Å². The van der Waals surface area contributed by atoms with Gasteiger partial charge in [-0.1, -0.05) is 158 Å². The van der Waals surface area contributed by atoms with Crippen LogP contribution in [0, 0.1) is 0 Å². The Balaban J connectivity index is 1.21. The molecule has 0 saturated carbocycles. The van der Waals surface area contributed by atoms with E-state index in [1.54, 1.807) is 0 Å². The van der Waals surface area contributed by atoms with Crippen LogP contribution in [-0.4, -0.2) is 0 Å². The van der Waals surface area contributed by atoms with E-state index in [9.17, 15) is 0 Å². The molecule has 0 N–H and O–H groups in total. The molecule has 2 aliphatic rings. The van der Waals surface area contributed by atoms with Crippen molar-refractivity contribution in [1.82, 2.24) is 0 Å². The summed E-state index contributed by atoms with van der Waals surface area (Å²) in [6.45, 7) is 0. The quantitative estimate of drug-likeness (QED) is 0.185. The van der Waals surface area contributed by atoms with Gasteiger partial charge >= 0.3 is 0 Å². The fraction of sp³-hybridized carbons (Fsp3) is 0.0196. The number of anilines is 3. The lowest BCUT2D eigenvalue weighted by molar-refractivity contribution is 0.669. The van der Waals surface area contributed by atoms with Gasteiger partial charge < -0.3 is 9.32 Å². The van der Waals surface area contributed by atoms with Crippen LogP contribution in [0.15, 0.2) is 192 Å². The molecule has 0 amide bonds. The fourth-order valence-electron chi connectivity index (χ4n) is 9.08. The van der Waals surface area contributed by atoms with E-state index in [0.717, 1.165) is 39.0 Å². The molecule has 0 radical (unpaired) electrons. The van der Waals surface area contributed by atoms with E-state index in [1.165, 1.54) is 55.6 Å². The Bertz CT molecular complexity index is 2850. The van der Waals surface area contributed by atoms with Crippen molar-refractivity contribution in [2.75, 3.05) is 4.90 Å². The van der Waals surface area contributed by atoms with E-state index in [0.29, 0.717) is 0 Å². The third-order valence-electron chi connectivity index (χ3n) is 11.3. The molecule has 1 spiro atoms. The minimum absolute atomic E-state index is 0.508. The predicted octanol–water partition coefficient (Wildman–Crippen LogP) is 13.6. The number of hydrogen-bond donors (Lipinski definition) is 0. The van der Waals surface area contributed by atoms with Gasteiger partial charge in [-0.25, -0.2) is 0 Å². The number of benzene rings is 8. The molecule has 0 bridgehead atoms. The minimum Gasteiger partial charge on any atom is -0.456 e. The highest BCUT2D eigenvalue weighted by Crippen LogP contribution is 2.61. The maximum Gasteiger partial charge on any atom is 0.135 e.